The largest absolute Gasteiger partial charge is 0.395 e. The number of aromatic nitrogens is 2. The summed E-state index contributed by atoms with van der Waals surface area (Å²) in [4.78, 5) is 8.78. The van der Waals surface area contributed by atoms with E-state index in [9.17, 15) is 5.11 Å². The summed E-state index contributed by atoms with van der Waals surface area (Å²) in [5.74, 6) is 0.824. The Kier molecular flexibility index (Phi) is 2.31. The first-order valence-electron chi connectivity index (χ1n) is 5.12. The molecule has 0 atom stereocenters. The highest BCUT2D eigenvalue weighted by atomic mass is 32.1. The summed E-state index contributed by atoms with van der Waals surface area (Å²) < 4.78 is 5.17. The zero-order valence-electron chi connectivity index (χ0n) is 8.64. The molecule has 0 radical (unpaired) electrons. The van der Waals surface area contributed by atoms with Gasteiger partial charge in [0.2, 0.25) is 0 Å². The van der Waals surface area contributed by atoms with Gasteiger partial charge in [-0.2, -0.15) is 0 Å². The minimum Gasteiger partial charge on any atom is -0.395 e. The van der Waals surface area contributed by atoms with Crippen molar-refractivity contribution in [2.24, 2.45) is 0 Å². The highest BCUT2D eigenvalue weighted by Crippen LogP contribution is 2.32. The number of H-pyrrole nitrogens is 1. The highest BCUT2D eigenvalue weighted by molar-refractivity contribution is 7.13. The van der Waals surface area contributed by atoms with Crippen molar-refractivity contribution in [1.29, 1.82) is 0 Å². The average Bonchev–Trinajstić information content (AvgIpc) is 2.86. The van der Waals surface area contributed by atoms with Gasteiger partial charge in [0.25, 0.3) is 0 Å². The third-order valence-corrected chi connectivity index (χ3v) is 3.83. The average molecular weight is 236 g/mol. The minimum absolute atomic E-state index is 0.0738. The van der Waals surface area contributed by atoms with E-state index in [4.69, 9.17) is 4.74 Å². The molecule has 0 unspecified atom stereocenters. The first-order valence-corrected chi connectivity index (χ1v) is 6.00. The SMILES string of the molecule is OCC1(c2ncc(-c3cccs3)[nH]2)COC1. The Balaban J connectivity index is 1.93. The molecule has 0 aliphatic carbocycles. The molecule has 2 aromatic rings. The second-order valence-corrected chi connectivity index (χ2v) is 5.00. The Morgan fingerprint density at radius 1 is 1.56 bits per heavy atom. The standard InChI is InChI=1S/C11H12N2O2S/c14-5-11(6-15-7-11)10-12-4-8(13-10)9-2-1-3-16-9/h1-4,14H,5-7H2,(H,12,13). The second kappa shape index (κ2) is 3.69. The zero-order valence-corrected chi connectivity index (χ0v) is 9.46. The van der Waals surface area contributed by atoms with E-state index in [2.05, 4.69) is 9.97 Å². The maximum atomic E-state index is 9.39. The lowest BCUT2D eigenvalue weighted by Crippen LogP contribution is -2.50. The second-order valence-electron chi connectivity index (χ2n) is 4.05. The molecule has 1 fully saturated rings. The number of hydrogen-bond acceptors (Lipinski definition) is 4. The fourth-order valence-electron chi connectivity index (χ4n) is 1.80. The molecule has 0 aromatic carbocycles. The number of imidazole rings is 1. The smallest absolute Gasteiger partial charge is 0.119 e. The van der Waals surface area contributed by atoms with Crippen LogP contribution >= 0.6 is 11.3 Å². The molecule has 2 aromatic heterocycles. The summed E-state index contributed by atoms with van der Waals surface area (Å²) >= 11 is 1.67. The molecular formula is C11H12N2O2S. The van der Waals surface area contributed by atoms with Gasteiger partial charge in [-0.15, -0.1) is 11.3 Å². The van der Waals surface area contributed by atoms with Gasteiger partial charge in [-0.25, -0.2) is 4.98 Å². The van der Waals surface area contributed by atoms with Gasteiger partial charge in [0, 0.05) is 0 Å². The fourth-order valence-corrected chi connectivity index (χ4v) is 2.49. The number of aromatic amines is 1. The van der Waals surface area contributed by atoms with Gasteiger partial charge in [0.1, 0.15) is 5.82 Å². The lowest BCUT2D eigenvalue weighted by molar-refractivity contribution is -0.0880. The number of hydrogen-bond donors (Lipinski definition) is 2. The molecule has 16 heavy (non-hydrogen) atoms. The van der Waals surface area contributed by atoms with Crippen LogP contribution in [0, 0.1) is 0 Å². The molecule has 5 heteroatoms. The van der Waals surface area contributed by atoms with Crippen molar-refractivity contribution in [2.45, 2.75) is 5.41 Å². The molecular weight excluding hydrogens is 224 g/mol. The van der Waals surface area contributed by atoms with Gasteiger partial charge in [-0.1, -0.05) is 6.07 Å². The van der Waals surface area contributed by atoms with Gasteiger partial charge in [0.15, 0.2) is 0 Å². The Bertz CT molecular complexity index is 468. The van der Waals surface area contributed by atoms with Crippen LogP contribution < -0.4 is 0 Å². The number of ether oxygens (including phenoxy) is 1. The van der Waals surface area contributed by atoms with Crippen LogP contribution in [0.25, 0.3) is 10.6 Å². The number of aliphatic hydroxyl groups is 1. The van der Waals surface area contributed by atoms with Gasteiger partial charge in [-0.3, -0.25) is 0 Å². The molecule has 3 rings (SSSR count). The topological polar surface area (TPSA) is 58.1 Å². The van der Waals surface area contributed by atoms with Crippen molar-refractivity contribution in [2.75, 3.05) is 19.8 Å². The van der Waals surface area contributed by atoms with Crippen molar-refractivity contribution in [3.8, 4) is 10.6 Å². The van der Waals surface area contributed by atoms with E-state index < -0.39 is 0 Å². The normalized spacial score (nSPS) is 18.3. The van der Waals surface area contributed by atoms with Crippen LogP contribution in [-0.4, -0.2) is 34.9 Å². The Morgan fingerprint density at radius 2 is 2.44 bits per heavy atom. The molecule has 4 nitrogen and oxygen atoms in total. The number of nitrogens with one attached hydrogen (secondary N) is 1. The van der Waals surface area contributed by atoms with Crippen molar-refractivity contribution in [1.82, 2.24) is 9.97 Å². The fraction of sp³-hybridized carbons (Fsp3) is 0.364. The predicted molar refractivity (Wildman–Crippen MR) is 61.5 cm³/mol. The molecule has 84 valence electrons. The number of rotatable bonds is 3. The van der Waals surface area contributed by atoms with E-state index in [0.717, 1.165) is 16.4 Å². The van der Waals surface area contributed by atoms with Crippen LogP contribution in [0.5, 0.6) is 0 Å². The Morgan fingerprint density at radius 3 is 3.00 bits per heavy atom. The minimum atomic E-state index is -0.310. The van der Waals surface area contributed by atoms with E-state index >= 15 is 0 Å². The molecule has 2 N–H and O–H groups in total. The lowest BCUT2D eigenvalue weighted by atomic mass is 9.86. The Labute approximate surface area is 96.9 Å². The highest BCUT2D eigenvalue weighted by Gasteiger charge is 2.42. The molecule has 1 saturated heterocycles. The molecule has 0 bridgehead atoms. The van der Waals surface area contributed by atoms with E-state index in [1.807, 2.05) is 23.7 Å². The third-order valence-electron chi connectivity index (χ3n) is 2.92. The van der Waals surface area contributed by atoms with Crippen LogP contribution in [0.1, 0.15) is 5.82 Å². The first-order chi connectivity index (χ1) is 7.84. The van der Waals surface area contributed by atoms with Gasteiger partial charge < -0.3 is 14.8 Å². The zero-order chi connectivity index (χ0) is 11.0. The van der Waals surface area contributed by atoms with Crippen molar-refractivity contribution >= 4 is 11.3 Å². The predicted octanol–water partition coefficient (Wildman–Crippen LogP) is 1.40. The van der Waals surface area contributed by atoms with Crippen LogP contribution in [-0.2, 0) is 10.2 Å². The van der Waals surface area contributed by atoms with E-state index in [-0.39, 0.29) is 12.0 Å². The lowest BCUT2D eigenvalue weighted by Gasteiger charge is -2.37. The van der Waals surface area contributed by atoms with Gasteiger partial charge >= 0.3 is 0 Å². The third kappa shape index (κ3) is 1.40. The first kappa shape index (κ1) is 10.0. The van der Waals surface area contributed by atoms with Crippen molar-refractivity contribution in [3.63, 3.8) is 0 Å². The van der Waals surface area contributed by atoms with Crippen molar-refractivity contribution < 1.29 is 9.84 Å². The summed E-state index contributed by atoms with van der Waals surface area (Å²) in [6.45, 7) is 1.16. The van der Waals surface area contributed by atoms with Crippen LogP contribution in [0.3, 0.4) is 0 Å². The van der Waals surface area contributed by atoms with Crippen molar-refractivity contribution in [3.05, 3.63) is 29.5 Å². The summed E-state index contributed by atoms with van der Waals surface area (Å²) in [7, 11) is 0. The summed E-state index contributed by atoms with van der Waals surface area (Å²) in [6.07, 6.45) is 1.82. The molecule has 3 heterocycles. The van der Waals surface area contributed by atoms with E-state index in [1.165, 1.54) is 0 Å². The number of nitrogens with zero attached hydrogens (tertiary/aromatic N) is 1. The maximum absolute atomic E-state index is 9.39. The van der Waals surface area contributed by atoms with E-state index in [0.29, 0.717) is 13.2 Å². The summed E-state index contributed by atoms with van der Waals surface area (Å²) in [5, 5.41) is 11.4. The van der Waals surface area contributed by atoms with Gasteiger partial charge in [-0.05, 0) is 11.4 Å². The molecule has 0 spiro atoms. The number of thiophene rings is 1. The summed E-state index contributed by atoms with van der Waals surface area (Å²) in [5.41, 5.74) is 0.694. The molecule has 1 aliphatic rings. The molecule has 1 aliphatic heterocycles. The Hall–Kier alpha value is -1.17. The van der Waals surface area contributed by atoms with Crippen LogP contribution in [0.15, 0.2) is 23.7 Å². The van der Waals surface area contributed by atoms with E-state index in [1.54, 1.807) is 11.3 Å². The van der Waals surface area contributed by atoms with Gasteiger partial charge in [0.05, 0.1) is 42.0 Å². The monoisotopic (exact) mass is 236 g/mol. The molecule has 0 amide bonds. The maximum Gasteiger partial charge on any atom is 0.119 e. The molecule has 0 saturated carbocycles. The quantitative estimate of drug-likeness (QED) is 0.847. The van der Waals surface area contributed by atoms with Crippen LogP contribution in [0.2, 0.25) is 0 Å². The number of aliphatic hydroxyl groups excluding tert-OH is 1. The van der Waals surface area contributed by atoms with Crippen LogP contribution in [0.4, 0.5) is 0 Å². The summed E-state index contributed by atoms with van der Waals surface area (Å²) in [6, 6.07) is 4.06.